The maximum Gasteiger partial charge on any atom is 0.156 e. The second-order valence-corrected chi connectivity index (χ2v) is 6.43. The summed E-state index contributed by atoms with van der Waals surface area (Å²) in [6, 6.07) is 3.15. The lowest BCUT2D eigenvalue weighted by Crippen LogP contribution is -3.14. The highest BCUT2D eigenvalue weighted by Gasteiger charge is 2.19. The fourth-order valence-corrected chi connectivity index (χ4v) is 3.42. The number of hydrogen-bond donors (Lipinski definition) is 2. The molecule has 2 rings (SSSR count). The van der Waals surface area contributed by atoms with E-state index in [2.05, 4.69) is 0 Å². The Morgan fingerprint density at radius 1 is 1.10 bits per heavy atom. The van der Waals surface area contributed by atoms with E-state index in [4.69, 9.17) is 39.5 Å². The lowest BCUT2D eigenvalue weighted by atomic mass is 10.1. The van der Waals surface area contributed by atoms with Gasteiger partial charge in [0.15, 0.2) is 5.75 Å². The average Bonchev–Trinajstić information content (AvgIpc) is 2.38. The van der Waals surface area contributed by atoms with Gasteiger partial charge in [0.2, 0.25) is 0 Å². The summed E-state index contributed by atoms with van der Waals surface area (Å²) in [7, 11) is 0. The lowest BCUT2D eigenvalue weighted by molar-refractivity contribution is -0.908. The average molecular weight is 340 g/mol. The molecule has 1 aliphatic heterocycles. The number of halogens is 3. The number of benzene rings is 1. The summed E-state index contributed by atoms with van der Waals surface area (Å²) in [6.07, 6.45) is 3.24. The number of hydrogen-bond acceptors (Lipinski definition) is 2. The molecule has 0 amide bonds. The molecule has 112 valence electrons. The Balaban J connectivity index is 1.85. The quantitative estimate of drug-likeness (QED) is 0.864. The number of aliphatic hydroxyl groups is 1. The maximum absolute atomic E-state index is 10.0. The van der Waals surface area contributed by atoms with Crippen LogP contribution in [-0.4, -0.2) is 37.5 Å². The van der Waals surface area contributed by atoms with Crippen LogP contribution < -0.4 is 9.64 Å². The second-order valence-electron chi connectivity index (χ2n) is 5.18. The third-order valence-corrected chi connectivity index (χ3v) is 4.25. The van der Waals surface area contributed by atoms with Gasteiger partial charge >= 0.3 is 0 Å². The molecule has 1 heterocycles. The normalized spacial score (nSPS) is 18.0. The van der Waals surface area contributed by atoms with Gasteiger partial charge in [0.25, 0.3) is 0 Å². The van der Waals surface area contributed by atoms with Gasteiger partial charge in [-0.05, 0) is 31.4 Å². The van der Waals surface area contributed by atoms with E-state index in [-0.39, 0.29) is 6.61 Å². The Kier molecular flexibility index (Phi) is 6.24. The highest BCUT2D eigenvalue weighted by atomic mass is 35.5. The molecule has 1 aromatic carbocycles. The van der Waals surface area contributed by atoms with E-state index in [1.807, 2.05) is 0 Å². The Morgan fingerprint density at radius 2 is 1.70 bits per heavy atom. The van der Waals surface area contributed by atoms with Crippen LogP contribution in [0.4, 0.5) is 0 Å². The maximum atomic E-state index is 10.0. The summed E-state index contributed by atoms with van der Waals surface area (Å²) in [5.41, 5.74) is 0. The highest BCUT2D eigenvalue weighted by Crippen LogP contribution is 2.35. The van der Waals surface area contributed by atoms with Crippen LogP contribution in [0, 0.1) is 0 Å². The van der Waals surface area contributed by atoms with Crippen molar-refractivity contribution in [2.45, 2.75) is 25.4 Å². The first kappa shape index (κ1) is 16.2. The van der Waals surface area contributed by atoms with Gasteiger partial charge in [-0.25, -0.2) is 0 Å². The van der Waals surface area contributed by atoms with Crippen molar-refractivity contribution in [3.05, 3.63) is 27.2 Å². The van der Waals surface area contributed by atoms with Crippen LogP contribution in [0.1, 0.15) is 19.3 Å². The van der Waals surface area contributed by atoms with Crippen LogP contribution in [-0.2, 0) is 0 Å². The lowest BCUT2D eigenvalue weighted by Gasteiger charge is -2.25. The Morgan fingerprint density at radius 3 is 2.30 bits per heavy atom. The molecule has 0 unspecified atom stereocenters. The number of piperidine rings is 1. The van der Waals surface area contributed by atoms with E-state index in [1.54, 1.807) is 12.1 Å². The molecule has 1 saturated heterocycles. The van der Waals surface area contributed by atoms with Gasteiger partial charge in [0.05, 0.1) is 23.1 Å². The molecule has 2 N–H and O–H groups in total. The number of nitrogens with one attached hydrogen (secondary N) is 1. The number of rotatable bonds is 5. The Hall–Kier alpha value is -0.190. The number of aliphatic hydroxyl groups excluding tert-OH is 1. The third kappa shape index (κ3) is 4.68. The molecular formula is C14H19Cl3NO2+. The van der Waals surface area contributed by atoms with Gasteiger partial charge in [-0.3, -0.25) is 0 Å². The van der Waals surface area contributed by atoms with Crippen LogP contribution in [0.3, 0.4) is 0 Å². The molecule has 1 aliphatic rings. The molecule has 1 atom stereocenters. The molecule has 0 aromatic heterocycles. The topological polar surface area (TPSA) is 33.9 Å². The van der Waals surface area contributed by atoms with E-state index in [0.29, 0.717) is 27.4 Å². The smallest absolute Gasteiger partial charge is 0.156 e. The van der Waals surface area contributed by atoms with E-state index >= 15 is 0 Å². The molecule has 0 aliphatic carbocycles. The molecular weight excluding hydrogens is 321 g/mol. The van der Waals surface area contributed by atoms with Crippen molar-refractivity contribution in [1.82, 2.24) is 0 Å². The second kappa shape index (κ2) is 7.71. The zero-order valence-corrected chi connectivity index (χ0v) is 13.4. The van der Waals surface area contributed by atoms with Crippen molar-refractivity contribution < 1.29 is 14.7 Å². The SMILES string of the molecule is O[C@@H](COc1c(Cl)cc(Cl)cc1Cl)C[NH+]1CCCCC1. The predicted molar refractivity (Wildman–Crippen MR) is 82.4 cm³/mol. The summed E-state index contributed by atoms with van der Waals surface area (Å²) in [6.45, 7) is 3.13. The van der Waals surface area contributed by atoms with Crippen LogP contribution in [0.25, 0.3) is 0 Å². The minimum Gasteiger partial charge on any atom is -0.488 e. The highest BCUT2D eigenvalue weighted by molar-refractivity contribution is 6.40. The van der Waals surface area contributed by atoms with Crippen LogP contribution in [0.2, 0.25) is 15.1 Å². The Bertz CT molecular complexity index is 427. The van der Waals surface area contributed by atoms with Gasteiger partial charge < -0.3 is 14.7 Å². The van der Waals surface area contributed by atoms with Crippen LogP contribution >= 0.6 is 34.8 Å². The third-order valence-electron chi connectivity index (χ3n) is 3.47. The Labute approximate surface area is 134 Å². The van der Waals surface area contributed by atoms with Gasteiger partial charge in [-0.15, -0.1) is 0 Å². The molecule has 6 heteroatoms. The first-order chi connectivity index (χ1) is 9.56. The van der Waals surface area contributed by atoms with Gasteiger partial charge in [-0.2, -0.15) is 0 Å². The number of quaternary nitrogens is 1. The number of ether oxygens (including phenoxy) is 1. The summed E-state index contributed by atoms with van der Waals surface area (Å²) in [5.74, 6) is 0.380. The predicted octanol–water partition coefficient (Wildman–Crippen LogP) is 2.46. The van der Waals surface area contributed by atoms with Crippen molar-refractivity contribution in [3.8, 4) is 5.75 Å². The van der Waals surface area contributed by atoms with E-state index < -0.39 is 6.10 Å². The summed E-state index contributed by atoms with van der Waals surface area (Å²) in [4.78, 5) is 1.43. The minimum absolute atomic E-state index is 0.185. The van der Waals surface area contributed by atoms with E-state index in [0.717, 1.165) is 13.1 Å². The monoisotopic (exact) mass is 338 g/mol. The van der Waals surface area contributed by atoms with E-state index in [9.17, 15) is 5.11 Å². The largest absolute Gasteiger partial charge is 0.488 e. The molecule has 1 aromatic rings. The minimum atomic E-state index is -0.522. The van der Waals surface area contributed by atoms with Crippen LogP contribution in [0.15, 0.2) is 12.1 Å². The summed E-state index contributed by atoms with van der Waals surface area (Å²) in [5, 5.41) is 11.2. The molecule has 0 bridgehead atoms. The zero-order chi connectivity index (χ0) is 14.5. The van der Waals surface area contributed by atoms with Gasteiger partial charge in [-0.1, -0.05) is 34.8 Å². The summed E-state index contributed by atoms with van der Waals surface area (Å²) >= 11 is 17.9. The van der Waals surface area contributed by atoms with Crippen molar-refractivity contribution in [2.24, 2.45) is 0 Å². The fraction of sp³-hybridized carbons (Fsp3) is 0.571. The first-order valence-electron chi connectivity index (χ1n) is 6.85. The fourth-order valence-electron chi connectivity index (χ4n) is 2.49. The first-order valence-corrected chi connectivity index (χ1v) is 7.98. The van der Waals surface area contributed by atoms with Gasteiger partial charge in [0, 0.05) is 5.02 Å². The molecule has 0 radical (unpaired) electrons. The molecule has 1 fully saturated rings. The van der Waals surface area contributed by atoms with Crippen molar-refractivity contribution in [1.29, 1.82) is 0 Å². The van der Waals surface area contributed by atoms with Crippen molar-refractivity contribution in [3.63, 3.8) is 0 Å². The van der Waals surface area contributed by atoms with Gasteiger partial charge in [0.1, 0.15) is 19.3 Å². The number of likely N-dealkylation sites (tertiary alicyclic amines) is 1. The van der Waals surface area contributed by atoms with Crippen molar-refractivity contribution >= 4 is 34.8 Å². The molecule has 20 heavy (non-hydrogen) atoms. The molecule has 0 spiro atoms. The molecule has 3 nitrogen and oxygen atoms in total. The van der Waals surface area contributed by atoms with Crippen LogP contribution in [0.5, 0.6) is 5.75 Å². The summed E-state index contributed by atoms with van der Waals surface area (Å²) < 4.78 is 5.54. The van der Waals surface area contributed by atoms with E-state index in [1.165, 1.54) is 24.2 Å². The molecule has 0 saturated carbocycles. The standard InChI is InChI=1S/C14H18Cl3NO2/c15-10-6-12(16)14(13(17)7-10)20-9-11(19)8-18-4-2-1-3-5-18/h6-7,11,19H,1-5,8-9H2/p+1/t11-/m1/s1. The zero-order valence-electron chi connectivity index (χ0n) is 11.2. The van der Waals surface area contributed by atoms with Crippen molar-refractivity contribution in [2.75, 3.05) is 26.2 Å².